The molecular weight excluding hydrogens is 318 g/mol. The second-order valence-corrected chi connectivity index (χ2v) is 6.85. The smallest absolute Gasteiger partial charge is 0.188 e. The second kappa shape index (κ2) is 6.67. The average Bonchev–Trinajstić information content (AvgIpc) is 3.09. The largest absolute Gasteiger partial charge is 0.316 e. The van der Waals surface area contributed by atoms with Crippen molar-refractivity contribution in [3.05, 3.63) is 64.6 Å². The standard InChI is InChI=1S/C18H19N5S/c1-13-20-16-7-9-23(11-14-5-3-2-4-6-14)12-15(16)17(21-13)22-18-19-8-10-24-18/h2-6,8,10H,7,9,11-12H2,1H3,(H,19,20,21,22). The van der Waals surface area contributed by atoms with Gasteiger partial charge in [0.1, 0.15) is 11.6 Å². The zero-order chi connectivity index (χ0) is 16.4. The normalized spacial score (nSPS) is 14.4. The van der Waals surface area contributed by atoms with Crippen molar-refractivity contribution in [3.63, 3.8) is 0 Å². The summed E-state index contributed by atoms with van der Waals surface area (Å²) >= 11 is 1.58. The van der Waals surface area contributed by atoms with Crippen molar-refractivity contribution in [1.29, 1.82) is 0 Å². The van der Waals surface area contributed by atoms with Gasteiger partial charge in [0.05, 0.1) is 5.69 Å². The monoisotopic (exact) mass is 337 g/mol. The molecule has 0 saturated heterocycles. The van der Waals surface area contributed by atoms with Crippen molar-refractivity contribution in [2.24, 2.45) is 0 Å². The van der Waals surface area contributed by atoms with Gasteiger partial charge < -0.3 is 5.32 Å². The predicted octanol–water partition coefficient (Wildman–Crippen LogP) is 3.54. The maximum absolute atomic E-state index is 4.65. The number of benzene rings is 1. The van der Waals surface area contributed by atoms with E-state index in [9.17, 15) is 0 Å². The van der Waals surface area contributed by atoms with Gasteiger partial charge in [-0.05, 0) is 12.5 Å². The molecular formula is C18H19N5S. The second-order valence-electron chi connectivity index (χ2n) is 5.95. The highest BCUT2D eigenvalue weighted by Gasteiger charge is 2.22. The molecule has 0 bridgehead atoms. The van der Waals surface area contributed by atoms with Gasteiger partial charge in [-0.2, -0.15) is 0 Å². The van der Waals surface area contributed by atoms with Gasteiger partial charge in [-0.1, -0.05) is 30.3 Å². The quantitative estimate of drug-likeness (QED) is 0.789. The third kappa shape index (κ3) is 3.29. The molecule has 0 aliphatic carbocycles. The zero-order valence-corrected chi connectivity index (χ0v) is 14.4. The molecule has 1 aliphatic heterocycles. The summed E-state index contributed by atoms with van der Waals surface area (Å²) in [5, 5.41) is 6.20. The lowest BCUT2D eigenvalue weighted by Crippen LogP contribution is -2.31. The Morgan fingerprint density at radius 1 is 1.21 bits per heavy atom. The molecule has 2 aromatic heterocycles. The van der Waals surface area contributed by atoms with Crippen LogP contribution in [0.4, 0.5) is 10.9 Å². The number of hydrogen-bond donors (Lipinski definition) is 1. The first-order valence-electron chi connectivity index (χ1n) is 8.07. The Balaban J connectivity index is 1.59. The number of aryl methyl sites for hydroxylation is 1. The van der Waals surface area contributed by atoms with Gasteiger partial charge in [0.2, 0.25) is 0 Å². The molecule has 3 aromatic rings. The van der Waals surface area contributed by atoms with Gasteiger partial charge in [0.15, 0.2) is 5.13 Å². The first-order valence-corrected chi connectivity index (χ1v) is 8.95. The molecule has 122 valence electrons. The fourth-order valence-electron chi connectivity index (χ4n) is 3.06. The highest BCUT2D eigenvalue weighted by atomic mass is 32.1. The number of hydrogen-bond acceptors (Lipinski definition) is 6. The van der Waals surface area contributed by atoms with Crippen LogP contribution in [0.2, 0.25) is 0 Å². The summed E-state index contributed by atoms with van der Waals surface area (Å²) in [5.74, 6) is 1.70. The molecule has 1 aromatic carbocycles. The Kier molecular flexibility index (Phi) is 4.23. The van der Waals surface area contributed by atoms with E-state index in [0.717, 1.165) is 48.5 Å². The molecule has 6 heteroatoms. The number of aromatic nitrogens is 3. The van der Waals surface area contributed by atoms with Crippen molar-refractivity contribution >= 4 is 22.3 Å². The number of nitrogens with one attached hydrogen (secondary N) is 1. The van der Waals surface area contributed by atoms with Gasteiger partial charge in [0, 0.05) is 43.2 Å². The van der Waals surface area contributed by atoms with Crippen LogP contribution in [0.25, 0.3) is 0 Å². The van der Waals surface area contributed by atoms with Crippen LogP contribution >= 0.6 is 11.3 Å². The molecule has 5 nitrogen and oxygen atoms in total. The molecule has 0 amide bonds. The van der Waals surface area contributed by atoms with E-state index in [0.29, 0.717) is 0 Å². The Hall–Kier alpha value is -2.31. The van der Waals surface area contributed by atoms with Crippen LogP contribution in [0.1, 0.15) is 22.6 Å². The Labute approximate surface area is 145 Å². The van der Waals surface area contributed by atoms with E-state index >= 15 is 0 Å². The zero-order valence-electron chi connectivity index (χ0n) is 13.6. The van der Waals surface area contributed by atoms with Gasteiger partial charge in [-0.25, -0.2) is 15.0 Å². The van der Waals surface area contributed by atoms with E-state index in [1.807, 2.05) is 12.3 Å². The van der Waals surface area contributed by atoms with E-state index in [-0.39, 0.29) is 0 Å². The van der Waals surface area contributed by atoms with Gasteiger partial charge >= 0.3 is 0 Å². The van der Waals surface area contributed by atoms with Crippen LogP contribution in [-0.2, 0) is 19.5 Å². The molecule has 0 spiro atoms. The Morgan fingerprint density at radius 2 is 2.08 bits per heavy atom. The molecule has 1 aliphatic rings. The molecule has 0 saturated carbocycles. The number of anilines is 2. The van der Waals surface area contributed by atoms with Crippen LogP contribution in [0, 0.1) is 6.92 Å². The minimum atomic E-state index is 0.810. The average molecular weight is 337 g/mol. The van der Waals surface area contributed by atoms with Crippen molar-refractivity contribution < 1.29 is 0 Å². The van der Waals surface area contributed by atoms with Gasteiger partial charge in [-0.3, -0.25) is 4.90 Å². The number of thiazole rings is 1. The third-order valence-electron chi connectivity index (χ3n) is 4.16. The van der Waals surface area contributed by atoms with Crippen molar-refractivity contribution in [1.82, 2.24) is 19.9 Å². The van der Waals surface area contributed by atoms with Gasteiger partial charge in [-0.15, -0.1) is 11.3 Å². The number of nitrogens with zero attached hydrogens (tertiary/aromatic N) is 4. The lowest BCUT2D eigenvalue weighted by atomic mass is 10.0. The van der Waals surface area contributed by atoms with Crippen LogP contribution in [0.3, 0.4) is 0 Å². The van der Waals surface area contributed by atoms with E-state index in [1.165, 1.54) is 11.1 Å². The third-order valence-corrected chi connectivity index (χ3v) is 4.85. The van der Waals surface area contributed by atoms with E-state index in [1.54, 1.807) is 17.5 Å². The lowest BCUT2D eigenvalue weighted by Gasteiger charge is -2.29. The molecule has 1 N–H and O–H groups in total. The molecule has 24 heavy (non-hydrogen) atoms. The maximum Gasteiger partial charge on any atom is 0.188 e. The molecule has 3 heterocycles. The number of fused-ring (bicyclic) bond motifs is 1. The summed E-state index contributed by atoms with van der Waals surface area (Å²) in [7, 11) is 0. The summed E-state index contributed by atoms with van der Waals surface area (Å²) in [6, 6.07) is 10.6. The predicted molar refractivity (Wildman–Crippen MR) is 96.4 cm³/mol. The van der Waals surface area contributed by atoms with Crippen molar-refractivity contribution in [3.8, 4) is 0 Å². The Morgan fingerprint density at radius 3 is 2.88 bits per heavy atom. The minimum absolute atomic E-state index is 0.810. The SMILES string of the molecule is Cc1nc2c(c(Nc3nccs3)n1)CN(Cc1ccccc1)CC2. The summed E-state index contributed by atoms with van der Waals surface area (Å²) in [6.45, 7) is 4.78. The fourth-order valence-corrected chi connectivity index (χ4v) is 3.59. The van der Waals surface area contributed by atoms with Crippen molar-refractivity contribution in [2.45, 2.75) is 26.4 Å². The minimum Gasteiger partial charge on any atom is -0.316 e. The molecule has 0 atom stereocenters. The van der Waals surface area contributed by atoms with Gasteiger partial charge in [0.25, 0.3) is 0 Å². The van der Waals surface area contributed by atoms with E-state index in [4.69, 9.17) is 0 Å². The van der Waals surface area contributed by atoms with Crippen LogP contribution < -0.4 is 5.32 Å². The summed E-state index contributed by atoms with van der Waals surface area (Å²) in [5.41, 5.74) is 3.69. The van der Waals surface area contributed by atoms with Crippen LogP contribution in [0.5, 0.6) is 0 Å². The Bertz CT molecular complexity index is 817. The first kappa shape index (κ1) is 15.2. The lowest BCUT2D eigenvalue weighted by molar-refractivity contribution is 0.243. The highest BCUT2D eigenvalue weighted by molar-refractivity contribution is 7.13. The summed E-state index contributed by atoms with van der Waals surface area (Å²) < 4.78 is 0. The number of rotatable bonds is 4. The first-order chi connectivity index (χ1) is 11.8. The van der Waals surface area contributed by atoms with Crippen LogP contribution in [-0.4, -0.2) is 26.4 Å². The summed E-state index contributed by atoms with van der Waals surface area (Å²) in [4.78, 5) is 16.0. The molecule has 0 fully saturated rings. The van der Waals surface area contributed by atoms with Crippen LogP contribution in [0.15, 0.2) is 41.9 Å². The summed E-state index contributed by atoms with van der Waals surface area (Å²) in [6.07, 6.45) is 2.76. The van der Waals surface area contributed by atoms with Crippen molar-refractivity contribution in [2.75, 3.05) is 11.9 Å². The molecule has 0 unspecified atom stereocenters. The van der Waals surface area contributed by atoms with E-state index in [2.05, 4.69) is 55.5 Å². The maximum atomic E-state index is 4.65. The fraction of sp³-hybridized carbons (Fsp3) is 0.278. The molecule has 4 rings (SSSR count). The topological polar surface area (TPSA) is 53.9 Å². The van der Waals surface area contributed by atoms with E-state index < -0.39 is 0 Å². The molecule has 0 radical (unpaired) electrons. The highest BCUT2D eigenvalue weighted by Crippen LogP contribution is 2.27.